The molecular weight excluding hydrogens is 326 g/mol. The van der Waals surface area contributed by atoms with Crippen LogP contribution >= 0.6 is 12.2 Å². The fourth-order valence-electron chi connectivity index (χ4n) is 2.43. The van der Waals surface area contributed by atoms with Gasteiger partial charge in [-0.25, -0.2) is 4.68 Å². The van der Waals surface area contributed by atoms with Gasteiger partial charge in [-0.3, -0.25) is 10.2 Å². The van der Waals surface area contributed by atoms with Gasteiger partial charge in [0.1, 0.15) is 6.54 Å². The predicted octanol–water partition coefficient (Wildman–Crippen LogP) is 2.96. The summed E-state index contributed by atoms with van der Waals surface area (Å²) in [6.45, 7) is 3.91. The van der Waals surface area contributed by atoms with Crippen LogP contribution < -0.4 is 11.2 Å². The Morgan fingerprint density at radius 3 is 2.83 bits per heavy atom. The van der Waals surface area contributed by atoms with Gasteiger partial charge in [-0.2, -0.15) is 4.68 Å². The highest BCUT2D eigenvalue weighted by Gasteiger charge is 2.15. The predicted molar refractivity (Wildman–Crippen MR) is 93.4 cm³/mol. The molecule has 3 aromatic rings. The quantitative estimate of drug-likeness (QED) is 0.547. The number of aryl methyl sites for hydroxylation is 2. The third kappa shape index (κ3) is 3.09. The molecule has 3 rings (SSSR count). The molecule has 2 heterocycles. The number of hydrogen-bond acceptors (Lipinski definition) is 6. The van der Waals surface area contributed by atoms with Crippen LogP contribution in [0.25, 0.3) is 0 Å². The van der Waals surface area contributed by atoms with E-state index in [-0.39, 0.29) is 23.0 Å². The van der Waals surface area contributed by atoms with Gasteiger partial charge in [0.25, 0.3) is 0 Å². The summed E-state index contributed by atoms with van der Waals surface area (Å²) in [5.41, 5.74) is 11.5. The molecule has 0 aliphatic heterocycles. The zero-order chi connectivity index (χ0) is 17.3. The number of carbonyl (C=O) groups excluding carboxylic acids is 1. The number of hydrogen-bond donors (Lipinski definition) is 2. The fraction of sp³-hybridized carbons (Fsp3) is 0.188. The largest absolute Gasteiger partial charge is 0.447 e. The first-order chi connectivity index (χ1) is 11.5. The van der Waals surface area contributed by atoms with Crippen molar-refractivity contribution in [1.82, 2.24) is 14.5 Å². The van der Waals surface area contributed by atoms with Crippen molar-refractivity contribution in [3.8, 4) is 0 Å². The number of aromatic nitrogens is 3. The summed E-state index contributed by atoms with van der Waals surface area (Å²) in [6, 6.07) is 9.15. The van der Waals surface area contributed by atoms with Gasteiger partial charge < -0.3 is 10.2 Å². The molecule has 0 amide bonds. The van der Waals surface area contributed by atoms with Gasteiger partial charge >= 0.3 is 0 Å². The average Bonchev–Trinajstić information content (AvgIpc) is 3.12. The zero-order valence-electron chi connectivity index (χ0n) is 13.3. The maximum Gasteiger partial charge on any atom is 0.240 e. The number of rotatable bonds is 5. The second kappa shape index (κ2) is 6.32. The summed E-state index contributed by atoms with van der Waals surface area (Å²) in [5, 5.41) is 4.13. The second-order valence-electron chi connectivity index (χ2n) is 5.46. The minimum Gasteiger partial charge on any atom is -0.447 e. The van der Waals surface area contributed by atoms with Crippen molar-refractivity contribution in [3.63, 3.8) is 0 Å². The first-order valence-electron chi connectivity index (χ1n) is 7.32. The van der Waals surface area contributed by atoms with Crippen LogP contribution in [0.5, 0.6) is 0 Å². The number of anilines is 2. The van der Waals surface area contributed by atoms with E-state index in [2.05, 4.69) is 10.5 Å². The standard InChI is InChI=1S/C16H17N5O2S/c1-10-5-6-12(11(2)8-10)13(22)9-20-16(24)21(15(17)19-20)18-14-4-3-7-23-14/h3-8,18H,9H2,1-2H3,(H2,17,19). The van der Waals surface area contributed by atoms with Crippen LogP contribution in [0, 0.1) is 18.6 Å². The van der Waals surface area contributed by atoms with E-state index < -0.39 is 0 Å². The zero-order valence-corrected chi connectivity index (χ0v) is 14.1. The lowest BCUT2D eigenvalue weighted by Crippen LogP contribution is -2.15. The summed E-state index contributed by atoms with van der Waals surface area (Å²) in [5.74, 6) is 0.536. The lowest BCUT2D eigenvalue weighted by molar-refractivity contribution is 0.0966. The number of furan rings is 1. The van der Waals surface area contributed by atoms with Crippen LogP contribution in [0.1, 0.15) is 21.5 Å². The molecule has 0 saturated carbocycles. The lowest BCUT2D eigenvalue weighted by Gasteiger charge is -2.06. The molecule has 124 valence electrons. The van der Waals surface area contributed by atoms with Gasteiger partial charge in [-0.05, 0) is 37.7 Å². The maximum absolute atomic E-state index is 12.5. The van der Waals surface area contributed by atoms with Crippen LogP contribution in [0.3, 0.4) is 0 Å². The molecule has 24 heavy (non-hydrogen) atoms. The Labute approximate surface area is 143 Å². The molecular formula is C16H17N5O2S. The molecule has 1 aromatic carbocycles. The number of benzene rings is 1. The lowest BCUT2D eigenvalue weighted by atomic mass is 10.0. The summed E-state index contributed by atoms with van der Waals surface area (Å²) in [6.07, 6.45) is 1.52. The maximum atomic E-state index is 12.5. The Morgan fingerprint density at radius 2 is 2.17 bits per heavy atom. The van der Waals surface area contributed by atoms with Crippen molar-refractivity contribution in [2.24, 2.45) is 0 Å². The van der Waals surface area contributed by atoms with Gasteiger partial charge in [0, 0.05) is 11.6 Å². The van der Waals surface area contributed by atoms with Crippen molar-refractivity contribution in [1.29, 1.82) is 0 Å². The molecule has 0 aliphatic carbocycles. The highest BCUT2D eigenvalue weighted by atomic mass is 32.1. The summed E-state index contributed by atoms with van der Waals surface area (Å²) < 4.78 is 8.26. The normalized spacial score (nSPS) is 10.8. The van der Waals surface area contributed by atoms with Gasteiger partial charge in [-0.1, -0.05) is 23.8 Å². The number of nitrogens with one attached hydrogen (secondary N) is 1. The minimum absolute atomic E-state index is 0.0137. The van der Waals surface area contributed by atoms with E-state index in [4.69, 9.17) is 22.4 Å². The van der Waals surface area contributed by atoms with Gasteiger partial charge in [0.2, 0.25) is 16.6 Å². The van der Waals surface area contributed by atoms with Crippen molar-refractivity contribution < 1.29 is 9.21 Å². The van der Waals surface area contributed by atoms with Crippen molar-refractivity contribution in [2.45, 2.75) is 20.4 Å². The van der Waals surface area contributed by atoms with E-state index in [0.717, 1.165) is 11.1 Å². The minimum atomic E-state index is -0.0775. The van der Waals surface area contributed by atoms with Crippen molar-refractivity contribution in [2.75, 3.05) is 11.2 Å². The van der Waals surface area contributed by atoms with Crippen molar-refractivity contribution in [3.05, 3.63) is 58.1 Å². The number of nitrogen functional groups attached to an aromatic ring is 1. The molecule has 0 aliphatic rings. The van der Waals surface area contributed by atoms with E-state index >= 15 is 0 Å². The number of nitrogens with two attached hydrogens (primary N) is 1. The number of nitrogens with zero attached hydrogens (tertiary/aromatic N) is 3. The molecule has 8 heteroatoms. The third-order valence-corrected chi connectivity index (χ3v) is 3.98. The van der Waals surface area contributed by atoms with Crippen LogP contribution in [0.15, 0.2) is 41.0 Å². The SMILES string of the molecule is Cc1ccc(C(=O)Cn2nc(N)n(Nc3ccco3)c2=S)c(C)c1. The molecule has 0 saturated heterocycles. The molecule has 0 atom stereocenters. The molecule has 7 nitrogen and oxygen atoms in total. The Kier molecular flexibility index (Phi) is 4.22. The Hall–Kier alpha value is -2.87. The third-order valence-electron chi connectivity index (χ3n) is 3.58. The van der Waals surface area contributed by atoms with Crippen LogP contribution in [-0.2, 0) is 6.54 Å². The van der Waals surface area contributed by atoms with E-state index in [1.807, 2.05) is 32.0 Å². The van der Waals surface area contributed by atoms with Gasteiger partial charge in [0.15, 0.2) is 5.78 Å². The number of carbonyl (C=O) groups is 1. The number of Topliss-reactive ketones (excluding diaryl/α,β-unsaturated/α-hetero) is 1. The second-order valence-corrected chi connectivity index (χ2v) is 5.83. The van der Waals surface area contributed by atoms with Crippen LogP contribution in [-0.4, -0.2) is 20.2 Å². The first-order valence-corrected chi connectivity index (χ1v) is 7.73. The topological polar surface area (TPSA) is 91.0 Å². The van der Waals surface area contributed by atoms with Crippen LogP contribution in [0.2, 0.25) is 0 Å². The Bertz CT molecular complexity index is 940. The molecule has 0 bridgehead atoms. The molecule has 2 aromatic heterocycles. The highest BCUT2D eigenvalue weighted by molar-refractivity contribution is 7.71. The van der Waals surface area contributed by atoms with E-state index in [0.29, 0.717) is 11.4 Å². The van der Waals surface area contributed by atoms with Crippen molar-refractivity contribution >= 4 is 29.8 Å². The molecule has 0 radical (unpaired) electrons. The fourth-order valence-corrected chi connectivity index (χ4v) is 2.68. The monoisotopic (exact) mass is 343 g/mol. The first kappa shape index (κ1) is 16.0. The highest BCUT2D eigenvalue weighted by Crippen LogP contribution is 2.14. The summed E-state index contributed by atoms with van der Waals surface area (Å²) in [4.78, 5) is 12.5. The van der Waals surface area contributed by atoms with E-state index in [1.165, 1.54) is 15.6 Å². The Morgan fingerprint density at radius 1 is 1.38 bits per heavy atom. The molecule has 0 unspecified atom stereocenters. The summed E-state index contributed by atoms with van der Waals surface area (Å²) >= 11 is 5.33. The van der Waals surface area contributed by atoms with E-state index in [1.54, 1.807) is 12.1 Å². The van der Waals surface area contributed by atoms with E-state index in [9.17, 15) is 4.79 Å². The average molecular weight is 343 g/mol. The molecule has 0 spiro atoms. The van der Waals surface area contributed by atoms with Crippen LogP contribution in [0.4, 0.5) is 11.8 Å². The molecule has 3 N–H and O–H groups in total. The number of ketones is 1. The summed E-state index contributed by atoms with van der Waals surface area (Å²) in [7, 11) is 0. The van der Waals surface area contributed by atoms with Gasteiger partial charge in [0.05, 0.1) is 6.26 Å². The van der Waals surface area contributed by atoms with Gasteiger partial charge in [-0.15, -0.1) is 5.10 Å². The Balaban J connectivity index is 1.85. The smallest absolute Gasteiger partial charge is 0.240 e. The molecule has 0 fully saturated rings.